The minimum atomic E-state index is 0.612. The molecule has 106 valence electrons. The zero-order valence-electron chi connectivity index (χ0n) is 11.3. The van der Waals surface area contributed by atoms with Crippen LogP contribution in [0.3, 0.4) is 0 Å². The van der Waals surface area contributed by atoms with Crippen molar-refractivity contribution >= 4 is 23.4 Å². The molecule has 0 atom stereocenters. The summed E-state index contributed by atoms with van der Waals surface area (Å²) in [4.78, 5) is 5.17. The van der Waals surface area contributed by atoms with Crippen LogP contribution in [0.1, 0.15) is 24.0 Å². The average Bonchev–Trinajstić information content (AvgIpc) is 3.33. The van der Waals surface area contributed by atoms with Gasteiger partial charge in [0.1, 0.15) is 11.1 Å². The van der Waals surface area contributed by atoms with E-state index in [2.05, 4.69) is 22.4 Å². The molecule has 0 aliphatic heterocycles. The number of halogens is 1. The number of hydrogen-bond donors (Lipinski definition) is 1. The molecule has 2 aromatic rings. The molecular formula is C16H14ClN3S. The number of pyridine rings is 1. The number of nitrogens with one attached hydrogen (secondary N) is 1. The second-order valence-corrected chi connectivity index (χ2v) is 6.51. The van der Waals surface area contributed by atoms with Crippen LogP contribution in [0.2, 0.25) is 5.02 Å². The van der Waals surface area contributed by atoms with Crippen molar-refractivity contribution in [2.24, 2.45) is 0 Å². The van der Waals surface area contributed by atoms with Crippen molar-refractivity contribution in [2.75, 3.05) is 0 Å². The second kappa shape index (κ2) is 6.48. The third-order valence-electron chi connectivity index (χ3n) is 3.25. The molecule has 1 aliphatic carbocycles. The van der Waals surface area contributed by atoms with E-state index in [1.165, 1.54) is 24.6 Å². The average molecular weight is 316 g/mol. The molecule has 0 unspecified atom stereocenters. The van der Waals surface area contributed by atoms with E-state index in [-0.39, 0.29) is 0 Å². The predicted octanol–water partition coefficient (Wildman–Crippen LogP) is 4.01. The maximum absolute atomic E-state index is 9.33. The molecule has 1 aliphatic rings. The van der Waals surface area contributed by atoms with Crippen molar-refractivity contribution < 1.29 is 0 Å². The number of nitriles is 1. The highest BCUT2D eigenvalue weighted by Crippen LogP contribution is 2.30. The molecule has 0 bridgehead atoms. The summed E-state index contributed by atoms with van der Waals surface area (Å²) in [5, 5.41) is 14.2. The Labute approximate surface area is 133 Å². The first-order valence-electron chi connectivity index (χ1n) is 6.80. The van der Waals surface area contributed by atoms with Crippen LogP contribution in [0.25, 0.3) is 0 Å². The summed E-state index contributed by atoms with van der Waals surface area (Å²) < 4.78 is 0. The second-order valence-electron chi connectivity index (χ2n) is 5.01. The lowest BCUT2D eigenvalue weighted by Crippen LogP contribution is -2.15. The first-order valence-corrected chi connectivity index (χ1v) is 8.00. The first kappa shape index (κ1) is 14.4. The molecule has 5 heteroatoms. The standard InChI is InChI=1S/C16H14ClN3S/c17-13-2-6-16(20-10-13)21-15-5-1-11(7-12(15)8-18)9-19-14-3-4-14/h1-2,5-7,10,14,19H,3-4,9H2. The summed E-state index contributed by atoms with van der Waals surface area (Å²) in [5.41, 5.74) is 1.83. The maximum atomic E-state index is 9.33. The van der Waals surface area contributed by atoms with Gasteiger partial charge in [-0.15, -0.1) is 0 Å². The largest absolute Gasteiger partial charge is 0.310 e. The van der Waals surface area contributed by atoms with Crippen molar-refractivity contribution in [3.63, 3.8) is 0 Å². The van der Waals surface area contributed by atoms with Gasteiger partial charge in [0.05, 0.1) is 10.6 Å². The zero-order chi connectivity index (χ0) is 14.7. The summed E-state index contributed by atoms with van der Waals surface area (Å²) in [5.74, 6) is 0. The molecule has 1 aromatic carbocycles. The van der Waals surface area contributed by atoms with Crippen molar-refractivity contribution in [1.82, 2.24) is 10.3 Å². The Balaban J connectivity index is 1.74. The summed E-state index contributed by atoms with van der Waals surface area (Å²) in [7, 11) is 0. The fourth-order valence-corrected chi connectivity index (χ4v) is 2.88. The molecule has 3 nitrogen and oxygen atoms in total. The third kappa shape index (κ3) is 3.98. The van der Waals surface area contributed by atoms with Crippen molar-refractivity contribution in [3.05, 3.63) is 52.7 Å². The van der Waals surface area contributed by atoms with Crippen LogP contribution >= 0.6 is 23.4 Å². The topological polar surface area (TPSA) is 48.7 Å². The van der Waals surface area contributed by atoms with Crippen molar-refractivity contribution in [2.45, 2.75) is 35.3 Å². The van der Waals surface area contributed by atoms with Crippen LogP contribution in [0.15, 0.2) is 46.5 Å². The van der Waals surface area contributed by atoms with Gasteiger partial charge in [-0.1, -0.05) is 29.4 Å². The highest BCUT2D eigenvalue weighted by Gasteiger charge is 2.20. The Morgan fingerprint density at radius 1 is 1.33 bits per heavy atom. The lowest BCUT2D eigenvalue weighted by molar-refractivity contribution is 0.687. The Morgan fingerprint density at radius 2 is 2.19 bits per heavy atom. The van der Waals surface area contributed by atoms with E-state index < -0.39 is 0 Å². The SMILES string of the molecule is N#Cc1cc(CNC2CC2)ccc1Sc1ccc(Cl)cn1. The molecule has 0 spiro atoms. The molecule has 0 amide bonds. The maximum Gasteiger partial charge on any atom is 0.101 e. The predicted molar refractivity (Wildman–Crippen MR) is 84.4 cm³/mol. The van der Waals surface area contributed by atoms with Gasteiger partial charge >= 0.3 is 0 Å². The summed E-state index contributed by atoms with van der Waals surface area (Å²) >= 11 is 7.31. The molecule has 1 aromatic heterocycles. The summed E-state index contributed by atoms with van der Waals surface area (Å²) in [6, 6.07) is 12.6. The number of aromatic nitrogens is 1. The van der Waals surface area contributed by atoms with Crippen LogP contribution in [0.4, 0.5) is 0 Å². The van der Waals surface area contributed by atoms with Gasteiger partial charge in [0.15, 0.2) is 0 Å². The molecule has 1 heterocycles. The lowest BCUT2D eigenvalue weighted by atomic mass is 10.1. The molecule has 0 saturated heterocycles. The van der Waals surface area contributed by atoms with E-state index in [0.29, 0.717) is 16.6 Å². The van der Waals surface area contributed by atoms with Crippen molar-refractivity contribution in [3.8, 4) is 6.07 Å². The zero-order valence-corrected chi connectivity index (χ0v) is 12.9. The lowest BCUT2D eigenvalue weighted by Gasteiger charge is -2.07. The Bertz CT molecular complexity index is 675. The van der Waals surface area contributed by atoms with Gasteiger partial charge in [-0.25, -0.2) is 4.98 Å². The van der Waals surface area contributed by atoms with Crippen LogP contribution < -0.4 is 5.32 Å². The van der Waals surface area contributed by atoms with Gasteiger partial charge in [0.2, 0.25) is 0 Å². The molecule has 0 radical (unpaired) electrons. The quantitative estimate of drug-likeness (QED) is 0.905. The van der Waals surface area contributed by atoms with Gasteiger partial charge in [0, 0.05) is 23.7 Å². The molecule has 3 rings (SSSR count). The molecule has 1 saturated carbocycles. The molecular weight excluding hydrogens is 302 g/mol. The minimum Gasteiger partial charge on any atom is -0.310 e. The Morgan fingerprint density at radius 3 is 2.86 bits per heavy atom. The monoisotopic (exact) mass is 315 g/mol. The number of hydrogen-bond acceptors (Lipinski definition) is 4. The van der Waals surface area contributed by atoms with E-state index >= 15 is 0 Å². The fourth-order valence-electron chi connectivity index (χ4n) is 1.95. The fraction of sp³-hybridized carbons (Fsp3) is 0.250. The van der Waals surface area contributed by atoms with Crippen LogP contribution in [0, 0.1) is 11.3 Å². The van der Waals surface area contributed by atoms with Crippen LogP contribution in [-0.4, -0.2) is 11.0 Å². The smallest absolute Gasteiger partial charge is 0.101 e. The Kier molecular flexibility index (Phi) is 4.45. The van der Waals surface area contributed by atoms with E-state index in [1.54, 1.807) is 12.3 Å². The van der Waals surface area contributed by atoms with E-state index in [4.69, 9.17) is 11.6 Å². The highest BCUT2D eigenvalue weighted by atomic mass is 35.5. The van der Waals surface area contributed by atoms with Gasteiger partial charge in [-0.3, -0.25) is 0 Å². The van der Waals surface area contributed by atoms with Crippen LogP contribution in [-0.2, 0) is 6.54 Å². The highest BCUT2D eigenvalue weighted by molar-refractivity contribution is 7.99. The number of benzene rings is 1. The first-order chi connectivity index (χ1) is 10.2. The van der Waals surface area contributed by atoms with Crippen LogP contribution in [0.5, 0.6) is 0 Å². The van der Waals surface area contributed by atoms with Crippen molar-refractivity contribution in [1.29, 1.82) is 5.26 Å². The normalized spacial score (nSPS) is 13.9. The Hall–Kier alpha value is -1.54. The molecule has 21 heavy (non-hydrogen) atoms. The number of rotatable bonds is 5. The third-order valence-corrected chi connectivity index (χ3v) is 4.50. The molecule has 1 N–H and O–H groups in total. The number of nitrogens with zero attached hydrogens (tertiary/aromatic N) is 2. The minimum absolute atomic E-state index is 0.612. The van der Waals surface area contributed by atoms with Gasteiger partial charge < -0.3 is 5.32 Å². The van der Waals surface area contributed by atoms with Gasteiger partial charge in [-0.05, 0) is 42.7 Å². The van der Waals surface area contributed by atoms with E-state index in [0.717, 1.165) is 22.0 Å². The van der Waals surface area contributed by atoms with E-state index in [1.807, 2.05) is 18.2 Å². The summed E-state index contributed by atoms with van der Waals surface area (Å²) in [6.07, 6.45) is 4.15. The van der Waals surface area contributed by atoms with Gasteiger partial charge in [-0.2, -0.15) is 5.26 Å². The summed E-state index contributed by atoms with van der Waals surface area (Å²) in [6.45, 7) is 0.823. The van der Waals surface area contributed by atoms with Gasteiger partial charge in [0.25, 0.3) is 0 Å². The molecule has 1 fully saturated rings. The van der Waals surface area contributed by atoms with E-state index in [9.17, 15) is 5.26 Å².